The van der Waals surface area contributed by atoms with Gasteiger partial charge in [0.1, 0.15) is 5.82 Å². The van der Waals surface area contributed by atoms with Crippen LogP contribution in [0.4, 0.5) is 11.5 Å². The number of aromatic nitrogens is 4. The standard InChI is InChI=1S/C35H45N7O/c1-5-26-9-6-10-27-11-7-13-31(32(26)27)40-19-15-29-30(22-40)36-34(43-24-35(16-17-35)23-39(3)4)37-33(29)41-18-8-12-28(21-41)42-20-14-25(2)38-42/h6-7,9-11,13-14,20,28H,5,8,12,15-19,21-24H2,1-4H3. The molecule has 2 aromatic carbocycles. The quantitative estimate of drug-likeness (QED) is 0.248. The summed E-state index contributed by atoms with van der Waals surface area (Å²) in [7, 11) is 4.29. The number of piperidine rings is 1. The molecule has 0 bridgehead atoms. The predicted octanol–water partition coefficient (Wildman–Crippen LogP) is 5.82. The van der Waals surface area contributed by atoms with Crippen molar-refractivity contribution in [1.82, 2.24) is 24.6 Å². The van der Waals surface area contributed by atoms with Crippen LogP contribution in [0.25, 0.3) is 10.8 Å². The van der Waals surface area contributed by atoms with Gasteiger partial charge in [-0.2, -0.15) is 15.1 Å². The fourth-order valence-electron chi connectivity index (χ4n) is 7.29. The second-order valence-electron chi connectivity index (χ2n) is 13.3. The van der Waals surface area contributed by atoms with Crippen molar-refractivity contribution in [2.75, 3.05) is 56.7 Å². The van der Waals surface area contributed by atoms with E-state index in [9.17, 15) is 0 Å². The lowest BCUT2D eigenvalue weighted by Gasteiger charge is -2.37. The zero-order chi connectivity index (χ0) is 29.6. The molecule has 1 saturated heterocycles. The summed E-state index contributed by atoms with van der Waals surface area (Å²) >= 11 is 0. The minimum atomic E-state index is 0.225. The van der Waals surface area contributed by atoms with Gasteiger partial charge in [0.15, 0.2) is 0 Å². The van der Waals surface area contributed by atoms with Crippen LogP contribution in [0.1, 0.15) is 61.2 Å². The largest absolute Gasteiger partial charge is 0.463 e. The molecular formula is C35H45N7O. The van der Waals surface area contributed by atoms with E-state index in [0.29, 0.717) is 18.7 Å². The van der Waals surface area contributed by atoms with E-state index in [1.807, 2.05) is 0 Å². The lowest BCUT2D eigenvalue weighted by Crippen LogP contribution is -2.40. The van der Waals surface area contributed by atoms with Crippen molar-refractivity contribution in [2.45, 2.75) is 65.0 Å². The van der Waals surface area contributed by atoms with Gasteiger partial charge < -0.3 is 19.4 Å². The van der Waals surface area contributed by atoms with Crippen molar-refractivity contribution in [2.24, 2.45) is 5.41 Å². The highest BCUT2D eigenvalue weighted by molar-refractivity contribution is 5.97. The Hall–Kier alpha value is -3.65. The van der Waals surface area contributed by atoms with E-state index in [2.05, 4.69) is 96.0 Å². The summed E-state index contributed by atoms with van der Waals surface area (Å²) in [6.07, 6.45) is 8.72. The van der Waals surface area contributed by atoms with Gasteiger partial charge in [0.2, 0.25) is 0 Å². The molecule has 226 valence electrons. The molecule has 4 aromatic rings. The van der Waals surface area contributed by atoms with Gasteiger partial charge in [0, 0.05) is 54.4 Å². The fraction of sp³-hybridized carbons (Fsp3) is 0.514. The van der Waals surface area contributed by atoms with E-state index in [1.165, 1.54) is 40.4 Å². The summed E-state index contributed by atoms with van der Waals surface area (Å²) in [5.74, 6) is 1.07. The molecule has 4 heterocycles. The molecule has 2 aliphatic heterocycles. The van der Waals surface area contributed by atoms with Gasteiger partial charge in [-0.15, -0.1) is 0 Å². The van der Waals surface area contributed by atoms with Gasteiger partial charge >= 0.3 is 6.01 Å². The molecule has 0 radical (unpaired) electrons. The summed E-state index contributed by atoms with van der Waals surface area (Å²) in [6.45, 7) is 9.63. The van der Waals surface area contributed by atoms with E-state index in [1.54, 1.807) is 0 Å². The van der Waals surface area contributed by atoms with Gasteiger partial charge in [0.05, 0.1) is 30.6 Å². The van der Waals surface area contributed by atoms with Crippen LogP contribution < -0.4 is 14.5 Å². The molecule has 7 rings (SSSR count). The lowest BCUT2D eigenvalue weighted by molar-refractivity contribution is 0.182. The van der Waals surface area contributed by atoms with Crippen molar-refractivity contribution < 1.29 is 4.74 Å². The third-order valence-corrected chi connectivity index (χ3v) is 9.64. The Bertz CT molecular complexity index is 1600. The average molecular weight is 580 g/mol. The maximum Gasteiger partial charge on any atom is 0.318 e. The smallest absolute Gasteiger partial charge is 0.318 e. The molecule has 0 N–H and O–H groups in total. The van der Waals surface area contributed by atoms with Crippen molar-refractivity contribution in [1.29, 1.82) is 0 Å². The molecule has 0 amide bonds. The summed E-state index contributed by atoms with van der Waals surface area (Å²) < 4.78 is 8.63. The molecule has 8 heteroatoms. The number of ether oxygens (including phenoxy) is 1. The Morgan fingerprint density at radius 3 is 2.60 bits per heavy atom. The number of anilines is 2. The summed E-state index contributed by atoms with van der Waals surface area (Å²) in [4.78, 5) is 17.6. The second kappa shape index (κ2) is 11.5. The van der Waals surface area contributed by atoms with Crippen LogP contribution in [0.2, 0.25) is 0 Å². The Kier molecular flexibility index (Phi) is 7.49. The SMILES string of the molecule is CCc1cccc2cccc(N3CCc4c(nc(OCC5(CN(C)C)CC5)nc4N4CCCC(n5ccc(C)n5)C4)C3)c12. The Labute approximate surface area is 255 Å². The van der Waals surface area contributed by atoms with Gasteiger partial charge in [-0.25, -0.2) is 0 Å². The normalized spacial score (nSPS) is 19.6. The first-order valence-corrected chi connectivity index (χ1v) is 16.1. The Morgan fingerprint density at radius 2 is 1.86 bits per heavy atom. The topological polar surface area (TPSA) is 62.6 Å². The molecule has 1 aliphatic carbocycles. The first-order chi connectivity index (χ1) is 20.9. The number of aryl methyl sites for hydroxylation is 2. The van der Waals surface area contributed by atoms with Crippen LogP contribution in [-0.2, 0) is 19.4 Å². The number of fused-ring (bicyclic) bond motifs is 2. The highest BCUT2D eigenvalue weighted by atomic mass is 16.5. The number of nitrogens with zero attached hydrogens (tertiary/aromatic N) is 7. The lowest BCUT2D eigenvalue weighted by atomic mass is 9.98. The Morgan fingerprint density at radius 1 is 1.02 bits per heavy atom. The Balaban J connectivity index is 1.22. The van der Waals surface area contributed by atoms with E-state index in [4.69, 9.17) is 19.8 Å². The van der Waals surface area contributed by atoms with E-state index < -0.39 is 0 Å². The third-order valence-electron chi connectivity index (χ3n) is 9.64. The number of hydrogen-bond acceptors (Lipinski definition) is 7. The summed E-state index contributed by atoms with van der Waals surface area (Å²) in [5, 5.41) is 7.43. The zero-order valence-corrected chi connectivity index (χ0v) is 26.2. The minimum absolute atomic E-state index is 0.225. The van der Waals surface area contributed by atoms with Crippen LogP contribution in [0.5, 0.6) is 6.01 Å². The van der Waals surface area contributed by atoms with E-state index in [-0.39, 0.29) is 5.41 Å². The van der Waals surface area contributed by atoms with Crippen molar-refractivity contribution in [3.05, 3.63) is 71.2 Å². The van der Waals surface area contributed by atoms with Crippen LogP contribution in [0.15, 0.2) is 48.7 Å². The summed E-state index contributed by atoms with van der Waals surface area (Å²) in [5.41, 5.74) is 6.38. The van der Waals surface area contributed by atoms with Crippen molar-refractivity contribution in [3.8, 4) is 6.01 Å². The molecule has 1 saturated carbocycles. The summed E-state index contributed by atoms with van der Waals surface area (Å²) in [6, 6.07) is 16.4. The first-order valence-electron chi connectivity index (χ1n) is 16.1. The van der Waals surface area contributed by atoms with Gasteiger partial charge in [-0.1, -0.05) is 37.3 Å². The second-order valence-corrected chi connectivity index (χ2v) is 13.3. The molecule has 3 aliphatic rings. The molecular weight excluding hydrogens is 534 g/mol. The molecule has 8 nitrogen and oxygen atoms in total. The molecule has 43 heavy (non-hydrogen) atoms. The number of benzene rings is 2. The molecule has 1 atom stereocenters. The maximum absolute atomic E-state index is 6.48. The van der Waals surface area contributed by atoms with E-state index in [0.717, 1.165) is 75.6 Å². The van der Waals surface area contributed by atoms with Crippen molar-refractivity contribution in [3.63, 3.8) is 0 Å². The highest BCUT2D eigenvalue weighted by Gasteiger charge is 2.44. The third kappa shape index (κ3) is 5.69. The highest BCUT2D eigenvalue weighted by Crippen LogP contribution is 2.46. The predicted molar refractivity (Wildman–Crippen MR) is 173 cm³/mol. The maximum atomic E-state index is 6.48. The fourth-order valence-corrected chi connectivity index (χ4v) is 7.29. The molecule has 2 aromatic heterocycles. The minimum Gasteiger partial charge on any atom is -0.463 e. The number of hydrogen-bond donors (Lipinski definition) is 0. The van der Waals surface area contributed by atoms with Crippen molar-refractivity contribution >= 4 is 22.3 Å². The average Bonchev–Trinajstić information content (AvgIpc) is 3.64. The number of rotatable bonds is 9. The van der Waals surface area contributed by atoms with Crippen LogP contribution in [0.3, 0.4) is 0 Å². The van der Waals surface area contributed by atoms with Gasteiger partial charge in [-0.3, -0.25) is 4.68 Å². The molecule has 2 fully saturated rings. The van der Waals surface area contributed by atoms with E-state index >= 15 is 0 Å². The van der Waals surface area contributed by atoms with Crippen LogP contribution in [-0.4, -0.2) is 71.5 Å². The monoisotopic (exact) mass is 579 g/mol. The molecule has 0 spiro atoms. The zero-order valence-electron chi connectivity index (χ0n) is 26.2. The first kappa shape index (κ1) is 28.1. The van der Waals surface area contributed by atoms with Crippen LogP contribution >= 0.6 is 0 Å². The molecule has 1 unspecified atom stereocenters. The van der Waals surface area contributed by atoms with Crippen LogP contribution in [0, 0.1) is 12.3 Å². The van der Waals surface area contributed by atoms with Gasteiger partial charge in [-0.05, 0) is 82.6 Å². The van der Waals surface area contributed by atoms with Gasteiger partial charge in [0.25, 0.3) is 0 Å².